The van der Waals surface area contributed by atoms with Crippen LogP contribution in [0.25, 0.3) is 0 Å². The molecule has 144 valence electrons. The molecule has 7 heteroatoms. The molecular weight excluding hydrogens is 412 g/mol. The molecule has 3 rings (SSSR count). The standard InChI is InChI=1S/C21H19ClN2O2S2/c1-2-26-20(25)18-13-17(11-14-7-4-3-5-8-14)28-19(18)24-21(27)23-16-10-6-9-15(22)12-16/h3-10,12-13H,2,11H2,1H3,(H2,23,24,27). The average Bonchev–Trinajstić information content (AvgIpc) is 3.05. The summed E-state index contributed by atoms with van der Waals surface area (Å²) >= 11 is 12.9. The summed E-state index contributed by atoms with van der Waals surface area (Å²) in [5.74, 6) is -0.369. The van der Waals surface area contributed by atoms with Crippen molar-refractivity contribution in [3.8, 4) is 0 Å². The number of carbonyl (C=O) groups is 1. The molecule has 2 N–H and O–H groups in total. The molecular formula is C21H19ClN2O2S2. The highest BCUT2D eigenvalue weighted by atomic mass is 35.5. The Kier molecular flexibility index (Phi) is 7.03. The van der Waals surface area contributed by atoms with Crippen molar-refractivity contribution in [2.45, 2.75) is 13.3 Å². The van der Waals surface area contributed by atoms with Gasteiger partial charge in [-0.1, -0.05) is 48.0 Å². The molecule has 0 aliphatic carbocycles. The normalized spacial score (nSPS) is 10.4. The Morgan fingerprint density at radius 2 is 1.89 bits per heavy atom. The molecule has 0 aliphatic heterocycles. The Morgan fingerprint density at radius 3 is 2.61 bits per heavy atom. The van der Waals surface area contributed by atoms with Crippen molar-refractivity contribution in [2.75, 3.05) is 17.2 Å². The summed E-state index contributed by atoms with van der Waals surface area (Å²) in [4.78, 5) is 13.4. The monoisotopic (exact) mass is 430 g/mol. The molecule has 0 atom stereocenters. The minimum Gasteiger partial charge on any atom is -0.462 e. The summed E-state index contributed by atoms with van der Waals surface area (Å²) in [5.41, 5.74) is 2.42. The SMILES string of the molecule is CCOC(=O)c1cc(Cc2ccccc2)sc1NC(=S)Nc1cccc(Cl)c1. The van der Waals surface area contributed by atoms with E-state index in [1.165, 1.54) is 16.9 Å². The largest absolute Gasteiger partial charge is 0.462 e. The van der Waals surface area contributed by atoms with Crippen LogP contribution in [0.1, 0.15) is 27.7 Å². The van der Waals surface area contributed by atoms with Crippen molar-refractivity contribution in [2.24, 2.45) is 0 Å². The van der Waals surface area contributed by atoms with Crippen molar-refractivity contribution >= 4 is 56.9 Å². The van der Waals surface area contributed by atoms with Gasteiger partial charge in [0.15, 0.2) is 5.11 Å². The second-order valence-electron chi connectivity index (χ2n) is 5.93. The van der Waals surface area contributed by atoms with E-state index in [1.54, 1.807) is 19.1 Å². The van der Waals surface area contributed by atoms with E-state index in [1.807, 2.05) is 36.4 Å². The van der Waals surface area contributed by atoms with Crippen molar-refractivity contribution in [1.29, 1.82) is 0 Å². The van der Waals surface area contributed by atoms with Crippen LogP contribution in [0.3, 0.4) is 0 Å². The first-order chi connectivity index (χ1) is 13.5. The molecule has 0 amide bonds. The fourth-order valence-electron chi connectivity index (χ4n) is 2.61. The minimum atomic E-state index is -0.369. The maximum atomic E-state index is 12.4. The third-order valence-electron chi connectivity index (χ3n) is 3.81. The number of hydrogen-bond donors (Lipinski definition) is 2. The van der Waals surface area contributed by atoms with Crippen LogP contribution < -0.4 is 10.6 Å². The number of anilines is 2. The van der Waals surface area contributed by atoms with Gasteiger partial charge in [-0.05, 0) is 49.0 Å². The molecule has 0 radical (unpaired) electrons. The Hall–Kier alpha value is -2.41. The Labute approximate surface area is 178 Å². The van der Waals surface area contributed by atoms with E-state index in [-0.39, 0.29) is 5.97 Å². The minimum absolute atomic E-state index is 0.313. The van der Waals surface area contributed by atoms with Gasteiger partial charge in [0.1, 0.15) is 5.00 Å². The number of thiophene rings is 1. The molecule has 0 saturated heterocycles. The van der Waals surface area contributed by atoms with Crippen molar-refractivity contribution in [3.05, 3.63) is 81.7 Å². The lowest BCUT2D eigenvalue weighted by Gasteiger charge is -2.10. The topological polar surface area (TPSA) is 50.4 Å². The van der Waals surface area contributed by atoms with Crippen molar-refractivity contribution in [3.63, 3.8) is 0 Å². The molecule has 0 fully saturated rings. The van der Waals surface area contributed by atoms with Gasteiger partial charge in [0.25, 0.3) is 0 Å². The summed E-state index contributed by atoms with van der Waals surface area (Å²) < 4.78 is 5.19. The van der Waals surface area contributed by atoms with Crippen LogP contribution in [-0.4, -0.2) is 17.7 Å². The van der Waals surface area contributed by atoms with Gasteiger partial charge >= 0.3 is 5.97 Å². The molecule has 0 aliphatic rings. The average molecular weight is 431 g/mol. The van der Waals surface area contributed by atoms with Gasteiger partial charge in [-0.15, -0.1) is 11.3 Å². The van der Waals surface area contributed by atoms with Gasteiger partial charge in [-0.2, -0.15) is 0 Å². The lowest BCUT2D eigenvalue weighted by molar-refractivity contribution is 0.0528. The quantitative estimate of drug-likeness (QED) is 0.372. The summed E-state index contributed by atoms with van der Waals surface area (Å²) in [7, 11) is 0. The summed E-state index contributed by atoms with van der Waals surface area (Å²) in [5, 5.41) is 7.84. The lowest BCUT2D eigenvalue weighted by Crippen LogP contribution is -2.20. The van der Waals surface area contributed by atoms with E-state index < -0.39 is 0 Å². The van der Waals surface area contributed by atoms with E-state index >= 15 is 0 Å². The third-order valence-corrected chi connectivity index (χ3v) is 5.30. The van der Waals surface area contributed by atoms with Crippen LogP contribution in [0.4, 0.5) is 10.7 Å². The summed E-state index contributed by atoms with van der Waals surface area (Å²) in [6.07, 6.45) is 0.730. The van der Waals surface area contributed by atoms with E-state index in [0.29, 0.717) is 27.3 Å². The molecule has 4 nitrogen and oxygen atoms in total. The molecule has 1 aromatic heterocycles. The van der Waals surface area contributed by atoms with Gasteiger partial charge in [0.2, 0.25) is 0 Å². The van der Waals surface area contributed by atoms with Crippen LogP contribution in [0.2, 0.25) is 5.02 Å². The number of nitrogens with one attached hydrogen (secondary N) is 2. The fraction of sp³-hybridized carbons (Fsp3) is 0.143. The van der Waals surface area contributed by atoms with Gasteiger partial charge < -0.3 is 15.4 Å². The maximum absolute atomic E-state index is 12.4. The van der Waals surface area contributed by atoms with Gasteiger partial charge in [-0.25, -0.2) is 4.79 Å². The Balaban J connectivity index is 1.79. The van der Waals surface area contributed by atoms with E-state index in [4.69, 9.17) is 28.6 Å². The molecule has 0 spiro atoms. The zero-order valence-electron chi connectivity index (χ0n) is 15.2. The number of benzene rings is 2. The fourth-order valence-corrected chi connectivity index (χ4v) is 4.17. The smallest absolute Gasteiger partial charge is 0.341 e. The Morgan fingerprint density at radius 1 is 1.11 bits per heavy atom. The molecule has 28 heavy (non-hydrogen) atoms. The second-order valence-corrected chi connectivity index (χ2v) is 7.91. The highest BCUT2D eigenvalue weighted by Gasteiger charge is 2.18. The number of hydrogen-bond acceptors (Lipinski definition) is 4. The first-order valence-corrected chi connectivity index (χ1v) is 10.3. The third kappa shape index (κ3) is 5.55. The predicted octanol–water partition coefficient (Wildman–Crippen LogP) is 5.98. The number of esters is 1. The van der Waals surface area contributed by atoms with Crippen LogP contribution in [0.15, 0.2) is 60.7 Å². The van der Waals surface area contributed by atoms with Gasteiger partial charge in [0.05, 0.1) is 12.2 Å². The van der Waals surface area contributed by atoms with Gasteiger partial charge in [0, 0.05) is 22.0 Å². The van der Waals surface area contributed by atoms with Crippen molar-refractivity contribution < 1.29 is 9.53 Å². The summed E-state index contributed by atoms with van der Waals surface area (Å²) in [6.45, 7) is 2.10. The number of thiocarbonyl (C=S) groups is 1. The zero-order valence-corrected chi connectivity index (χ0v) is 17.6. The first-order valence-electron chi connectivity index (χ1n) is 8.72. The summed E-state index contributed by atoms with van der Waals surface area (Å²) in [6, 6.07) is 19.2. The predicted molar refractivity (Wildman–Crippen MR) is 121 cm³/mol. The Bertz CT molecular complexity index is 974. The molecule has 1 heterocycles. The molecule has 3 aromatic rings. The van der Waals surface area contributed by atoms with Crippen LogP contribution >= 0.6 is 35.2 Å². The highest BCUT2D eigenvalue weighted by molar-refractivity contribution is 7.80. The van der Waals surface area contributed by atoms with Crippen LogP contribution in [0, 0.1) is 0 Å². The highest BCUT2D eigenvalue weighted by Crippen LogP contribution is 2.31. The zero-order chi connectivity index (χ0) is 19.9. The first kappa shape index (κ1) is 20.3. The molecule has 0 unspecified atom stereocenters. The number of halogens is 1. The van der Waals surface area contributed by atoms with Crippen molar-refractivity contribution in [1.82, 2.24) is 0 Å². The number of ether oxygens (including phenoxy) is 1. The van der Waals surface area contributed by atoms with Crippen LogP contribution in [-0.2, 0) is 11.2 Å². The lowest BCUT2D eigenvalue weighted by atomic mass is 10.1. The molecule has 0 saturated carbocycles. The van der Waals surface area contributed by atoms with E-state index in [9.17, 15) is 4.79 Å². The van der Waals surface area contributed by atoms with E-state index in [0.717, 1.165) is 17.0 Å². The second kappa shape index (κ2) is 9.68. The van der Waals surface area contributed by atoms with E-state index in [2.05, 4.69) is 22.8 Å². The molecule has 0 bridgehead atoms. The molecule has 2 aromatic carbocycles. The number of rotatable bonds is 6. The van der Waals surface area contributed by atoms with Crippen LogP contribution in [0.5, 0.6) is 0 Å². The number of carbonyl (C=O) groups excluding carboxylic acids is 1. The van der Waals surface area contributed by atoms with Gasteiger partial charge in [-0.3, -0.25) is 0 Å². The maximum Gasteiger partial charge on any atom is 0.341 e.